The van der Waals surface area contributed by atoms with Crippen molar-refractivity contribution in [3.63, 3.8) is 0 Å². The van der Waals surface area contributed by atoms with Crippen molar-refractivity contribution in [1.29, 1.82) is 0 Å². The molecule has 3 rings (SSSR count). The molecule has 1 aliphatic heterocycles. The van der Waals surface area contributed by atoms with Gasteiger partial charge in [-0.25, -0.2) is 8.42 Å². The van der Waals surface area contributed by atoms with Crippen LogP contribution >= 0.6 is 0 Å². The third-order valence-electron chi connectivity index (χ3n) is 4.17. The molecule has 0 aliphatic carbocycles. The molecule has 26 heavy (non-hydrogen) atoms. The lowest BCUT2D eigenvalue weighted by Gasteiger charge is -2.21. The highest BCUT2D eigenvalue weighted by Crippen LogP contribution is 2.17. The van der Waals surface area contributed by atoms with E-state index >= 15 is 0 Å². The predicted octanol–water partition coefficient (Wildman–Crippen LogP) is 0.856. The molecule has 7 nitrogen and oxygen atoms in total. The molecule has 2 aromatic rings. The molecular formula is C18H19N3O4S. The van der Waals surface area contributed by atoms with Crippen molar-refractivity contribution in [2.45, 2.75) is 18.5 Å². The van der Waals surface area contributed by atoms with Crippen molar-refractivity contribution in [2.75, 3.05) is 11.5 Å². The molecule has 1 aliphatic rings. The molecule has 136 valence electrons. The second-order valence-electron chi connectivity index (χ2n) is 6.17. The fourth-order valence-electron chi connectivity index (χ4n) is 2.85. The number of benzene rings is 1. The van der Waals surface area contributed by atoms with Crippen molar-refractivity contribution < 1.29 is 18.0 Å². The summed E-state index contributed by atoms with van der Waals surface area (Å²) < 4.78 is 23.2. The van der Waals surface area contributed by atoms with Gasteiger partial charge in [0.15, 0.2) is 9.84 Å². The van der Waals surface area contributed by atoms with Gasteiger partial charge in [0.1, 0.15) is 6.04 Å². The first-order valence-corrected chi connectivity index (χ1v) is 10.0. The van der Waals surface area contributed by atoms with Crippen molar-refractivity contribution >= 4 is 21.7 Å². The van der Waals surface area contributed by atoms with Crippen molar-refractivity contribution in [1.82, 2.24) is 15.6 Å². The molecule has 8 heteroatoms. The lowest BCUT2D eigenvalue weighted by molar-refractivity contribution is -0.123. The van der Waals surface area contributed by atoms with Crippen LogP contribution in [0.25, 0.3) is 0 Å². The minimum Gasteiger partial charge on any atom is -0.350 e. The summed E-state index contributed by atoms with van der Waals surface area (Å²) >= 11 is 0. The Bertz CT molecular complexity index is 885. The number of carbonyl (C=O) groups excluding carboxylic acids is 2. The monoisotopic (exact) mass is 373 g/mol. The van der Waals surface area contributed by atoms with Gasteiger partial charge in [-0.15, -0.1) is 0 Å². The number of sulfone groups is 1. The van der Waals surface area contributed by atoms with Crippen LogP contribution < -0.4 is 10.6 Å². The van der Waals surface area contributed by atoms with E-state index in [0.29, 0.717) is 17.5 Å². The second kappa shape index (κ2) is 7.65. The molecular weight excluding hydrogens is 354 g/mol. The minimum absolute atomic E-state index is 0.0655. The van der Waals surface area contributed by atoms with E-state index in [9.17, 15) is 18.0 Å². The van der Waals surface area contributed by atoms with Gasteiger partial charge in [-0.3, -0.25) is 14.6 Å². The summed E-state index contributed by atoms with van der Waals surface area (Å²) in [5, 5.41) is 5.45. The van der Waals surface area contributed by atoms with Crippen LogP contribution in [0.15, 0.2) is 54.9 Å². The maximum atomic E-state index is 12.7. The molecule has 0 unspecified atom stereocenters. The number of nitrogens with one attached hydrogen (secondary N) is 2. The SMILES string of the molecule is O=C(N[C@H](C(=O)N[C@H]1CCS(=O)(=O)C1)c1ccccc1)c1cccnc1. The van der Waals surface area contributed by atoms with Crippen LogP contribution in [0.4, 0.5) is 0 Å². The van der Waals surface area contributed by atoms with Crippen molar-refractivity contribution in [3.8, 4) is 0 Å². The van der Waals surface area contributed by atoms with Crippen LogP contribution in [-0.4, -0.2) is 42.8 Å². The molecule has 1 aromatic carbocycles. The van der Waals surface area contributed by atoms with E-state index in [4.69, 9.17) is 0 Å². The van der Waals surface area contributed by atoms with Gasteiger partial charge < -0.3 is 10.6 Å². The van der Waals surface area contributed by atoms with Gasteiger partial charge in [0.2, 0.25) is 5.91 Å². The number of rotatable bonds is 5. The van der Waals surface area contributed by atoms with E-state index in [1.54, 1.807) is 42.6 Å². The Labute approximate surface area is 151 Å². The van der Waals surface area contributed by atoms with Crippen LogP contribution in [0.2, 0.25) is 0 Å². The fourth-order valence-corrected chi connectivity index (χ4v) is 4.52. The Morgan fingerprint density at radius 1 is 1.12 bits per heavy atom. The van der Waals surface area contributed by atoms with Crippen LogP contribution in [0.5, 0.6) is 0 Å². The highest BCUT2D eigenvalue weighted by Gasteiger charge is 2.32. The van der Waals surface area contributed by atoms with E-state index in [0.717, 1.165) is 0 Å². The molecule has 1 aromatic heterocycles. The van der Waals surface area contributed by atoms with Crippen molar-refractivity contribution in [2.24, 2.45) is 0 Å². The predicted molar refractivity (Wildman–Crippen MR) is 96.1 cm³/mol. The average molecular weight is 373 g/mol. The number of hydrogen-bond acceptors (Lipinski definition) is 5. The number of amides is 2. The molecule has 0 saturated carbocycles. The second-order valence-corrected chi connectivity index (χ2v) is 8.40. The summed E-state index contributed by atoms with van der Waals surface area (Å²) in [4.78, 5) is 29.1. The Morgan fingerprint density at radius 2 is 1.88 bits per heavy atom. The number of hydrogen-bond donors (Lipinski definition) is 2. The lowest BCUT2D eigenvalue weighted by atomic mass is 10.0. The molecule has 2 heterocycles. The molecule has 1 fully saturated rings. The van der Waals surface area contributed by atoms with Gasteiger partial charge >= 0.3 is 0 Å². The normalized spacial score (nSPS) is 19.5. The third kappa shape index (κ3) is 4.45. The summed E-state index contributed by atoms with van der Waals surface area (Å²) in [6.45, 7) is 0. The maximum Gasteiger partial charge on any atom is 0.253 e. The van der Waals surface area contributed by atoms with E-state index < -0.39 is 33.7 Å². The van der Waals surface area contributed by atoms with E-state index in [2.05, 4.69) is 15.6 Å². The topological polar surface area (TPSA) is 105 Å². The van der Waals surface area contributed by atoms with Gasteiger partial charge in [0, 0.05) is 18.4 Å². The van der Waals surface area contributed by atoms with Gasteiger partial charge in [-0.1, -0.05) is 30.3 Å². The summed E-state index contributed by atoms with van der Waals surface area (Å²) in [5.74, 6) is -0.871. The molecule has 0 spiro atoms. The molecule has 1 saturated heterocycles. The molecule has 0 radical (unpaired) electrons. The summed E-state index contributed by atoms with van der Waals surface area (Å²) in [5.41, 5.74) is 0.952. The first-order valence-electron chi connectivity index (χ1n) is 8.21. The Morgan fingerprint density at radius 3 is 2.50 bits per heavy atom. The van der Waals surface area contributed by atoms with Gasteiger partial charge in [-0.2, -0.15) is 0 Å². The largest absolute Gasteiger partial charge is 0.350 e. The average Bonchev–Trinajstić information content (AvgIpc) is 2.99. The van der Waals surface area contributed by atoms with Crippen LogP contribution in [0.1, 0.15) is 28.4 Å². The standard InChI is InChI=1S/C18H19N3O4S/c22-17(14-7-4-9-19-11-14)21-16(13-5-2-1-3-6-13)18(23)20-15-8-10-26(24,25)12-15/h1-7,9,11,15-16H,8,10,12H2,(H,20,23)(H,21,22)/t15-,16-/m0/s1. The van der Waals surface area contributed by atoms with Gasteiger partial charge in [-0.05, 0) is 24.1 Å². The number of carbonyl (C=O) groups is 2. The Balaban J connectivity index is 1.77. The van der Waals surface area contributed by atoms with Crippen LogP contribution in [-0.2, 0) is 14.6 Å². The number of nitrogens with zero attached hydrogens (tertiary/aromatic N) is 1. The first-order chi connectivity index (χ1) is 12.4. The zero-order chi connectivity index (χ0) is 18.6. The van der Waals surface area contributed by atoms with E-state index in [-0.39, 0.29) is 11.5 Å². The Kier molecular flexibility index (Phi) is 5.32. The quantitative estimate of drug-likeness (QED) is 0.809. The Hall–Kier alpha value is -2.74. The van der Waals surface area contributed by atoms with E-state index in [1.165, 1.54) is 6.20 Å². The maximum absolute atomic E-state index is 12.7. The van der Waals surface area contributed by atoms with Gasteiger partial charge in [0.25, 0.3) is 5.91 Å². The third-order valence-corrected chi connectivity index (χ3v) is 5.94. The molecule has 2 N–H and O–H groups in total. The van der Waals surface area contributed by atoms with Gasteiger partial charge in [0.05, 0.1) is 17.1 Å². The summed E-state index contributed by atoms with van der Waals surface area (Å²) in [6.07, 6.45) is 3.35. The summed E-state index contributed by atoms with van der Waals surface area (Å²) in [6, 6.07) is 10.7. The minimum atomic E-state index is -3.11. The number of aromatic nitrogens is 1. The lowest BCUT2D eigenvalue weighted by Crippen LogP contribution is -2.44. The molecule has 2 atom stereocenters. The first kappa shape index (κ1) is 18.1. The van der Waals surface area contributed by atoms with E-state index in [1.807, 2.05) is 6.07 Å². The number of pyridine rings is 1. The van der Waals surface area contributed by atoms with Crippen LogP contribution in [0.3, 0.4) is 0 Å². The smallest absolute Gasteiger partial charge is 0.253 e. The highest BCUT2D eigenvalue weighted by atomic mass is 32.2. The fraction of sp³-hybridized carbons (Fsp3) is 0.278. The van der Waals surface area contributed by atoms with Crippen molar-refractivity contribution in [3.05, 3.63) is 66.0 Å². The molecule has 2 amide bonds. The zero-order valence-electron chi connectivity index (χ0n) is 14.0. The zero-order valence-corrected chi connectivity index (χ0v) is 14.8. The highest BCUT2D eigenvalue weighted by molar-refractivity contribution is 7.91. The summed E-state index contributed by atoms with van der Waals surface area (Å²) in [7, 11) is -3.11. The van der Waals surface area contributed by atoms with Crippen LogP contribution in [0, 0.1) is 0 Å². The molecule has 0 bridgehead atoms.